The van der Waals surface area contributed by atoms with Crippen LogP contribution in [0, 0.1) is 6.92 Å². The molecule has 0 heterocycles. The molecule has 3 heteroatoms. The van der Waals surface area contributed by atoms with Gasteiger partial charge < -0.3 is 10.5 Å². The molecule has 0 aliphatic rings. The lowest BCUT2D eigenvalue weighted by molar-refractivity contribution is 0.335. The van der Waals surface area contributed by atoms with E-state index in [1.54, 1.807) is 0 Å². The number of benzene rings is 2. The van der Waals surface area contributed by atoms with Crippen molar-refractivity contribution in [2.24, 2.45) is 5.73 Å². The second-order valence-electron chi connectivity index (χ2n) is 4.47. The first-order valence-electron chi connectivity index (χ1n) is 6.36. The summed E-state index contributed by atoms with van der Waals surface area (Å²) in [6.07, 6.45) is 0. The fourth-order valence-corrected chi connectivity index (χ4v) is 2.62. The van der Waals surface area contributed by atoms with Gasteiger partial charge in [0, 0.05) is 10.0 Å². The number of hydrogen-bond donors (Lipinski definition) is 1. The van der Waals surface area contributed by atoms with E-state index in [4.69, 9.17) is 10.5 Å². The van der Waals surface area contributed by atoms with Crippen molar-refractivity contribution >= 4 is 15.9 Å². The van der Waals surface area contributed by atoms with Gasteiger partial charge in [-0.3, -0.25) is 0 Å². The summed E-state index contributed by atoms with van der Waals surface area (Å²) in [6, 6.07) is 14.0. The smallest absolute Gasteiger partial charge is 0.124 e. The molecule has 1 unspecified atom stereocenters. The molecular formula is C16H18BrNO. The normalized spacial score (nSPS) is 12.2. The van der Waals surface area contributed by atoms with E-state index >= 15 is 0 Å². The molecule has 19 heavy (non-hydrogen) atoms. The SMILES string of the molecule is CCOc1ccc(C)cc1C(N)c1ccccc1Br. The molecule has 0 aromatic heterocycles. The molecule has 100 valence electrons. The third kappa shape index (κ3) is 3.17. The maximum absolute atomic E-state index is 6.41. The highest BCUT2D eigenvalue weighted by atomic mass is 79.9. The average molecular weight is 320 g/mol. The van der Waals surface area contributed by atoms with Gasteiger partial charge in [-0.1, -0.05) is 51.8 Å². The van der Waals surface area contributed by atoms with Crippen molar-refractivity contribution < 1.29 is 4.74 Å². The van der Waals surface area contributed by atoms with Gasteiger partial charge in [0.2, 0.25) is 0 Å². The molecule has 0 aliphatic heterocycles. The van der Waals surface area contributed by atoms with Crippen molar-refractivity contribution in [1.29, 1.82) is 0 Å². The van der Waals surface area contributed by atoms with E-state index in [0.717, 1.165) is 21.3 Å². The van der Waals surface area contributed by atoms with Gasteiger partial charge in [-0.2, -0.15) is 0 Å². The molecule has 0 saturated carbocycles. The van der Waals surface area contributed by atoms with Crippen LogP contribution in [0.3, 0.4) is 0 Å². The van der Waals surface area contributed by atoms with Crippen LogP contribution in [-0.4, -0.2) is 6.61 Å². The minimum atomic E-state index is -0.197. The van der Waals surface area contributed by atoms with Crippen molar-refractivity contribution in [3.63, 3.8) is 0 Å². The van der Waals surface area contributed by atoms with Crippen LogP contribution in [0.15, 0.2) is 46.9 Å². The van der Waals surface area contributed by atoms with E-state index in [0.29, 0.717) is 6.61 Å². The summed E-state index contributed by atoms with van der Waals surface area (Å²) in [6.45, 7) is 4.68. The van der Waals surface area contributed by atoms with Crippen LogP contribution in [0.1, 0.15) is 29.7 Å². The molecule has 1 atom stereocenters. The van der Waals surface area contributed by atoms with Gasteiger partial charge in [0.15, 0.2) is 0 Å². The van der Waals surface area contributed by atoms with Gasteiger partial charge in [0.05, 0.1) is 12.6 Å². The van der Waals surface area contributed by atoms with Crippen LogP contribution in [-0.2, 0) is 0 Å². The van der Waals surface area contributed by atoms with E-state index in [2.05, 4.69) is 28.9 Å². The third-order valence-electron chi connectivity index (χ3n) is 3.04. The van der Waals surface area contributed by atoms with Crippen molar-refractivity contribution in [1.82, 2.24) is 0 Å². The molecule has 2 rings (SSSR count). The first-order valence-corrected chi connectivity index (χ1v) is 7.16. The Morgan fingerprint density at radius 3 is 2.58 bits per heavy atom. The van der Waals surface area contributed by atoms with Gasteiger partial charge >= 0.3 is 0 Å². The van der Waals surface area contributed by atoms with Crippen LogP contribution in [0.4, 0.5) is 0 Å². The maximum Gasteiger partial charge on any atom is 0.124 e. The Morgan fingerprint density at radius 1 is 1.16 bits per heavy atom. The summed E-state index contributed by atoms with van der Waals surface area (Å²) in [7, 11) is 0. The van der Waals surface area contributed by atoms with Gasteiger partial charge in [-0.25, -0.2) is 0 Å². The molecule has 2 aromatic carbocycles. The quantitative estimate of drug-likeness (QED) is 0.916. The summed E-state index contributed by atoms with van der Waals surface area (Å²) in [5.74, 6) is 0.858. The largest absolute Gasteiger partial charge is 0.494 e. The monoisotopic (exact) mass is 319 g/mol. The number of halogens is 1. The number of nitrogens with two attached hydrogens (primary N) is 1. The van der Waals surface area contributed by atoms with Crippen LogP contribution < -0.4 is 10.5 Å². The zero-order valence-electron chi connectivity index (χ0n) is 11.2. The van der Waals surface area contributed by atoms with Crippen molar-refractivity contribution in [2.45, 2.75) is 19.9 Å². The first-order chi connectivity index (χ1) is 9.13. The van der Waals surface area contributed by atoms with Gasteiger partial charge in [-0.05, 0) is 31.5 Å². The van der Waals surface area contributed by atoms with Crippen LogP contribution in [0.5, 0.6) is 5.75 Å². The van der Waals surface area contributed by atoms with E-state index in [9.17, 15) is 0 Å². The van der Waals surface area contributed by atoms with Crippen LogP contribution in [0.2, 0.25) is 0 Å². The molecule has 0 radical (unpaired) electrons. The van der Waals surface area contributed by atoms with E-state index in [1.165, 1.54) is 5.56 Å². The Kier molecular flexibility index (Phi) is 4.61. The predicted molar refractivity (Wildman–Crippen MR) is 82.5 cm³/mol. The summed E-state index contributed by atoms with van der Waals surface area (Å²) in [5.41, 5.74) is 9.67. The molecule has 0 bridgehead atoms. The molecule has 2 N–H and O–H groups in total. The minimum absolute atomic E-state index is 0.197. The second kappa shape index (κ2) is 6.22. The van der Waals surface area contributed by atoms with Crippen LogP contribution >= 0.6 is 15.9 Å². The molecule has 0 aliphatic carbocycles. The zero-order chi connectivity index (χ0) is 13.8. The topological polar surface area (TPSA) is 35.2 Å². The summed E-state index contributed by atoms with van der Waals surface area (Å²) < 4.78 is 6.70. The molecule has 2 nitrogen and oxygen atoms in total. The summed E-state index contributed by atoms with van der Waals surface area (Å²) in [5, 5.41) is 0. The van der Waals surface area contributed by atoms with Gasteiger partial charge in [-0.15, -0.1) is 0 Å². The molecule has 0 saturated heterocycles. The Labute approximate surface area is 122 Å². The third-order valence-corrected chi connectivity index (χ3v) is 3.76. The minimum Gasteiger partial charge on any atom is -0.494 e. The highest BCUT2D eigenvalue weighted by Crippen LogP contribution is 2.32. The fraction of sp³-hybridized carbons (Fsp3) is 0.250. The van der Waals surface area contributed by atoms with E-state index < -0.39 is 0 Å². The van der Waals surface area contributed by atoms with E-state index in [-0.39, 0.29) is 6.04 Å². The highest BCUT2D eigenvalue weighted by Gasteiger charge is 2.16. The standard InChI is InChI=1S/C16H18BrNO/c1-3-19-15-9-8-11(2)10-13(15)16(18)12-6-4-5-7-14(12)17/h4-10,16H,3,18H2,1-2H3. The van der Waals surface area contributed by atoms with Gasteiger partial charge in [0.1, 0.15) is 5.75 Å². The molecule has 0 fully saturated rings. The average Bonchev–Trinajstić information content (AvgIpc) is 2.41. The van der Waals surface area contributed by atoms with E-state index in [1.807, 2.05) is 43.3 Å². The summed E-state index contributed by atoms with van der Waals surface area (Å²) >= 11 is 3.56. The molecular weight excluding hydrogens is 302 g/mol. The van der Waals surface area contributed by atoms with Crippen molar-refractivity contribution in [3.8, 4) is 5.75 Å². The lowest BCUT2D eigenvalue weighted by Crippen LogP contribution is -2.14. The van der Waals surface area contributed by atoms with Gasteiger partial charge in [0.25, 0.3) is 0 Å². The second-order valence-corrected chi connectivity index (χ2v) is 5.33. The Balaban J connectivity index is 2.45. The predicted octanol–water partition coefficient (Wildman–Crippen LogP) is 4.20. The number of rotatable bonds is 4. The zero-order valence-corrected chi connectivity index (χ0v) is 12.8. The Hall–Kier alpha value is -1.32. The summed E-state index contributed by atoms with van der Waals surface area (Å²) in [4.78, 5) is 0. The highest BCUT2D eigenvalue weighted by molar-refractivity contribution is 9.10. The lowest BCUT2D eigenvalue weighted by Gasteiger charge is -2.18. The van der Waals surface area contributed by atoms with Crippen molar-refractivity contribution in [2.75, 3.05) is 6.61 Å². The van der Waals surface area contributed by atoms with Crippen molar-refractivity contribution in [3.05, 3.63) is 63.6 Å². The molecule has 0 amide bonds. The molecule has 0 spiro atoms. The first kappa shape index (κ1) is 14.1. The number of ether oxygens (including phenoxy) is 1. The maximum atomic E-state index is 6.41. The Bertz CT molecular complexity index is 568. The lowest BCUT2D eigenvalue weighted by atomic mass is 9.97. The Morgan fingerprint density at radius 2 is 1.89 bits per heavy atom. The fourth-order valence-electron chi connectivity index (χ4n) is 2.09. The van der Waals surface area contributed by atoms with Crippen LogP contribution in [0.25, 0.3) is 0 Å². The number of hydrogen-bond acceptors (Lipinski definition) is 2. The molecule has 2 aromatic rings. The number of aryl methyl sites for hydroxylation is 1.